The molecule has 0 saturated heterocycles. The van der Waals surface area contributed by atoms with Crippen molar-refractivity contribution < 1.29 is 4.79 Å². The number of nitrogens with one attached hydrogen (secondary N) is 2. The molecule has 7 heteroatoms. The Bertz CT molecular complexity index is 615. The van der Waals surface area contributed by atoms with Crippen molar-refractivity contribution in [1.82, 2.24) is 25.1 Å². The van der Waals surface area contributed by atoms with Gasteiger partial charge in [0.25, 0.3) is 5.56 Å². The highest BCUT2D eigenvalue weighted by Crippen LogP contribution is 1.97. The van der Waals surface area contributed by atoms with Gasteiger partial charge in [-0.3, -0.25) is 14.6 Å². The summed E-state index contributed by atoms with van der Waals surface area (Å²) in [4.78, 5) is 30.1. The molecule has 0 fully saturated rings. The van der Waals surface area contributed by atoms with E-state index in [0.29, 0.717) is 11.5 Å². The number of hydrogen-bond donors (Lipinski definition) is 2. The van der Waals surface area contributed by atoms with Crippen LogP contribution in [0, 0.1) is 0 Å². The third-order valence-corrected chi connectivity index (χ3v) is 2.38. The Kier molecular flexibility index (Phi) is 3.74. The van der Waals surface area contributed by atoms with E-state index < -0.39 is 0 Å². The lowest BCUT2D eigenvalue weighted by molar-refractivity contribution is -0.120. The minimum absolute atomic E-state index is 0.0138. The lowest BCUT2D eigenvalue weighted by atomic mass is 10.2. The summed E-state index contributed by atoms with van der Waals surface area (Å²) in [6.45, 7) is 3.72. The van der Waals surface area contributed by atoms with Gasteiger partial charge in [-0.25, -0.2) is 9.67 Å². The number of amides is 1. The van der Waals surface area contributed by atoms with Gasteiger partial charge < -0.3 is 5.32 Å². The van der Waals surface area contributed by atoms with Crippen LogP contribution in [-0.4, -0.2) is 31.7 Å². The van der Waals surface area contributed by atoms with Crippen molar-refractivity contribution in [1.29, 1.82) is 0 Å². The van der Waals surface area contributed by atoms with Crippen molar-refractivity contribution >= 4 is 5.91 Å². The molecule has 2 heterocycles. The number of hydrogen-bond acceptors (Lipinski definition) is 4. The molecule has 1 amide bonds. The van der Waals surface area contributed by atoms with E-state index in [1.807, 2.05) is 13.8 Å². The number of H-pyrrole nitrogens is 1. The van der Waals surface area contributed by atoms with Crippen molar-refractivity contribution in [2.75, 3.05) is 0 Å². The molecule has 0 aromatic carbocycles. The van der Waals surface area contributed by atoms with Crippen LogP contribution in [0.15, 0.2) is 29.5 Å². The highest BCUT2D eigenvalue weighted by molar-refractivity contribution is 5.78. The Balaban J connectivity index is 2.16. The number of aromatic amines is 1. The molecule has 19 heavy (non-hydrogen) atoms. The second-order valence-electron chi connectivity index (χ2n) is 4.41. The fourth-order valence-corrected chi connectivity index (χ4v) is 1.59. The van der Waals surface area contributed by atoms with Crippen LogP contribution in [-0.2, 0) is 11.2 Å². The standard InChI is InChI=1S/C12H15N5O2/c1-8(2)15-10(18)6-9-7-13-12(16-11(9)19)17-5-3-4-14-17/h3-5,7-8H,6H2,1-2H3,(H,15,18)(H,13,16,19). The maximum atomic E-state index is 11.8. The zero-order chi connectivity index (χ0) is 13.8. The third-order valence-electron chi connectivity index (χ3n) is 2.38. The zero-order valence-electron chi connectivity index (χ0n) is 10.8. The summed E-state index contributed by atoms with van der Waals surface area (Å²) in [7, 11) is 0. The Hall–Kier alpha value is -2.44. The second kappa shape index (κ2) is 5.47. The van der Waals surface area contributed by atoms with E-state index in [0.717, 1.165) is 0 Å². The third kappa shape index (κ3) is 3.27. The number of nitrogens with zero attached hydrogens (tertiary/aromatic N) is 3. The SMILES string of the molecule is CC(C)NC(=O)Cc1cnc(-n2cccn2)[nH]c1=O. The first kappa shape index (κ1) is 13.0. The van der Waals surface area contributed by atoms with Crippen LogP contribution < -0.4 is 10.9 Å². The van der Waals surface area contributed by atoms with Gasteiger partial charge in [-0.15, -0.1) is 0 Å². The van der Waals surface area contributed by atoms with Crippen molar-refractivity contribution in [3.05, 3.63) is 40.6 Å². The Morgan fingerprint density at radius 1 is 1.53 bits per heavy atom. The van der Waals surface area contributed by atoms with Gasteiger partial charge in [-0.1, -0.05) is 0 Å². The van der Waals surface area contributed by atoms with Gasteiger partial charge in [0, 0.05) is 30.2 Å². The molecule has 100 valence electrons. The number of carbonyl (C=O) groups excluding carboxylic acids is 1. The lowest BCUT2D eigenvalue weighted by Gasteiger charge is -2.07. The van der Waals surface area contributed by atoms with Crippen molar-refractivity contribution in [2.45, 2.75) is 26.3 Å². The molecular weight excluding hydrogens is 246 g/mol. The largest absolute Gasteiger partial charge is 0.354 e. The molecule has 0 bridgehead atoms. The average molecular weight is 261 g/mol. The first-order valence-electron chi connectivity index (χ1n) is 5.94. The zero-order valence-corrected chi connectivity index (χ0v) is 10.8. The number of aromatic nitrogens is 4. The normalized spacial score (nSPS) is 10.7. The summed E-state index contributed by atoms with van der Waals surface area (Å²) < 4.78 is 1.44. The highest BCUT2D eigenvalue weighted by atomic mass is 16.2. The van der Waals surface area contributed by atoms with Gasteiger partial charge in [0.1, 0.15) is 0 Å². The van der Waals surface area contributed by atoms with Crippen LogP contribution in [0.4, 0.5) is 0 Å². The van der Waals surface area contributed by atoms with Gasteiger partial charge in [-0.05, 0) is 19.9 Å². The van der Waals surface area contributed by atoms with Crippen molar-refractivity contribution in [2.24, 2.45) is 0 Å². The smallest absolute Gasteiger partial charge is 0.256 e. The van der Waals surface area contributed by atoms with Gasteiger partial charge in [0.2, 0.25) is 11.9 Å². The fraction of sp³-hybridized carbons (Fsp3) is 0.333. The molecule has 0 radical (unpaired) electrons. The van der Waals surface area contributed by atoms with E-state index in [1.165, 1.54) is 10.9 Å². The predicted octanol–water partition coefficient (Wildman–Crippen LogP) is 0.0227. The average Bonchev–Trinajstić information content (AvgIpc) is 2.84. The first-order valence-corrected chi connectivity index (χ1v) is 5.94. The van der Waals surface area contributed by atoms with Crippen LogP contribution in [0.1, 0.15) is 19.4 Å². The van der Waals surface area contributed by atoms with Crippen molar-refractivity contribution in [3.8, 4) is 5.95 Å². The molecule has 2 N–H and O–H groups in total. The molecule has 2 rings (SSSR count). The summed E-state index contributed by atoms with van der Waals surface area (Å²) in [5.41, 5.74) is -0.00605. The molecule has 0 saturated carbocycles. The van der Waals surface area contributed by atoms with E-state index in [4.69, 9.17) is 0 Å². The summed E-state index contributed by atoms with van der Waals surface area (Å²) in [6, 6.07) is 1.77. The van der Waals surface area contributed by atoms with E-state index in [1.54, 1.807) is 18.5 Å². The Morgan fingerprint density at radius 2 is 2.32 bits per heavy atom. The monoisotopic (exact) mass is 261 g/mol. The first-order chi connectivity index (χ1) is 9.06. The Labute approximate surface area is 109 Å². The van der Waals surface area contributed by atoms with Gasteiger partial charge >= 0.3 is 0 Å². The molecule has 0 aliphatic heterocycles. The van der Waals surface area contributed by atoms with Gasteiger partial charge in [-0.2, -0.15) is 5.10 Å². The summed E-state index contributed by atoms with van der Waals surface area (Å²) in [6.07, 6.45) is 4.67. The van der Waals surface area contributed by atoms with E-state index in [-0.39, 0.29) is 23.9 Å². The maximum absolute atomic E-state index is 11.8. The molecule has 2 aromatic rings. The molecule has 2 aromatic heterocycles. The van der Waals surface area contributed by atoms with Gasteiger partial charge in [0.15, 0.2) is 0 Å². The quantitative estimate of drug-likeness (QED) is 0.811. The Morgan fingerprint density at radius 3 is 2.89 bits per heavy atom. The maximum Gasteiger partial charge on any atom is 0.256 e. The molecule has 0 aliphatic rings. The van der Waals surface area contributed by atoms with Crippen LogP contribution in [0.5, 0.6) is 0 Å². The summed E-state index contributed by atoms with van der Waals surface area (Å²) in [5.74, 6) is 0.122. The van der Waals surface area contributed by atoms with Crippen LogP contribution >= 0.6 is 0 Å². The number of rotatable bonds is 4. The summed E-state index contributed by atoms with van der Waals surface area (Å²) >= 11 is 0. The van der Waals surface area contributed by atoms with Gasteiger partial charge in [0.05, 0.1) is 6.42 Å². The molecule has 0 atom stereocenters. The van der Waals surface area contributed by atoms with E-state index in [2.05, 4.69) is 20.4 Å². The molecule has 0 spiro atoms. The molecular formula is C12H15N5O2. The fourth-order valence-electron chi connectivity index (χ4n) is 1.59. The van der Waals surface area contributed by atoms with Crippen LogP contribution in [0.2, 0.25) is 0 Å². The predicted molar refractivity (Wildman–Crippen MR) is 69.0 cm³/mol. The lowest BCUT2D eigenvalue weighted by Crippen LogP contribution is -2.33. The van der Waals surface area contributed by atoms with E-state index in [9.17, 15) is 9.59 Å². The van der Waals surface area contributed by atoms with E-state index >= 15 is 0 Å². The summed E-state index contributed by atoms with van der Waals surface area (Å²) in [5, 5.41) is 6.69. The topological polar surface area (TPSA) is 92.7 Å². The van der Waals surface area contributed by atoms with Crippen LogP contribution in [0.25, 0.3) is 5.95 Å². The molecule has 0 aliphatic carbocycles. The van der Waals surface area contributed by atoms with Crippen LogP contribution in [0.3, 0.4) is 0 Å². The minimum Gasteiger partial charge on any atom is -0.354 e. The molecule has 0 unspecified atom stereocenters. The highest BCUT2D eigenvalue weighted by Gasteiger charge is 2.10. The number of carbonyl (C=O) groups is 1. The van der Waals surface area contributed by atoms with Crippen molar-refractivity contribution in [3.63, 3.8) is 0 Å². The second-order valence-corrected chi connectivity index (χ2v) is 4.41. The molecule has 7 nitrogen and oxygen atoms in total. The minimum atomic E-state index is -0.334.